The summed E-state index contributed by atoms with van der Waals surface area (Å²) in [7, 11) is -0.544. The molecule has 1 aliphatic rings. The molecule has 0 saturated heterocycles. The molecule has 148 valence electrons. The summed E-state index contributed by atoms with van der Waals surface area (Å²) in [6, 6.07) is 13.4. The highest BCUT2D eigenvalue weighted by Crippen LogP contribution is 2.30. The van der Waals surface area contributed by atoms with E-state index in [0.717, 1.165) is 4.31 Å². The van der Waals surface area contributed by atoms with E-state index in [4.69, 9.17) is 9.47 Å². The van der Waals surface area contributed by atoms with Crippen molar-refractivity contribution in [3.05, 3.63) is 54.1 Å². The topological polar surface area (TPSA) is 97.3 Å². The third-order valence-corrected chi connectivity index (χ3v) is 6.01. The van der Waals surface area contributed by atoms with Crippen LogP contribution < -0.4 is 14.9 Å². The fourth-order valence-corrected chi connectivity index (χ4v) is 3.40. The van der Waals surface area contributed by atoms with Crippen molar-refractivity contribution in [2.24, 2.45) is 5.10 Å². The summed E-state index contributed by atoms with van der Waals surface area (Å²) in [4.78, 5) is 12.5. The molecule has 0 aromatic heterocycles. The fourth-order valence-electron chi connectivity index (χ4n) is 2.50. The quantitative estimate of drug-likeness (QED) is 0.604. The maximum Gasteiger partial charge on any atom is 0.284 e. The van der Waals surface area contributed by atoms with Gasteiger partial charge in [0, 0.05) is 14.1 Å². The Morgan fingerprint density at radius 2 is 1.75 bits per heavy atom. The Labute approximate surface area is 163 Å². The van der Waals surface area contributed by atoms with Gasteiger partial charge >= 0.3 is 0 Å². The number of hydrogen-bond acceptors (Lipinski definition) is 6. The highest BCUT2D eigenvalue weighted by molar-refractivity contribution is 7.89. The van der Waals surface area contributed by atoms with Gasteiger partial charge in [-0.25, -0.2) is 18.1 Å². The number of hydrogen-bond donors (Lipinski definition) is 1. The van der Waals surface area contributed by atoms with Crippen molar-refractivity contribution in [2.75, 3.05) is 20.7 Å². The van der Waals surface area contributed by atoms with Crippen LogP contribution in [0.25, 0.3) is 0 Å². The molecule has 1 heterocycles. The predicted octanol–water partition coefficient (Wildman–Crippen LogP) is 1.62. The number of hydrazone groups is 1. The van der Waals surface area contributed by atoms with Crippen LogP contribution in [0.15, 0.2) is 58.5 Å². The molecule has 0 fully saturated rings. The van der Waals surface area contributed by atoms with Crippen LogP contribution in [-0.2, 0) is 14.8 Å². The second-order valence-electron chi connectivity index (χ2n) is 6.35. The number of sulfonamides is 1. The van der Waals surface area contributed by atoms with Crippen molar-refractivity contribution < 1.29 is 22.7 Å². The first-order valence-electron chi connectivity index (χ1n) is 8.54. The molecule has 0 unspecified atom stereocenters. The molecule has 9 heteroatoms. The second kappa shape index (κ2) is 7.99. The van der Waals surface area contributed by atoms with Gasteiger partial charge in [0.25, 0.3) is 5.91 Å². The van der Waals surface area contributed by atoms with Crippen LogP contribution in [0.3, 0.4) is 0 Å². The van der Waals surface area contributed by atoms with E-state index in [2.05, 4.69) is 10.5 Å². The monoisotopic (exact) mass is 403 g/mol. The number of rotatable bonds is 5. The summed E-state index contributed by atoms with van der Waals surface area (Å²) in [6.07, 6.45) is -0.806. The van der Waals surface area contributed by atoms with E-state index in [0.29, 0.717) is 22.8 Å². The SMILES string of the molecule is C/C(=N/NC(=O)[C@H]1COc2ccccc2O1)c1ccc(S(=O)(=O)N(C)C)cc1. The molecule has 0 radical (unpaired) electrons. The lowest BCUT2D eigenvalue weighted by Crippen LogP contribution is -2.42. The van der Waals surface area contributed by atoms with Gasteiger partial charge in [-0.15, -0.1) is 0 Å². The van der Waals surface area contributed by atoms with Crippen LogP contribution >= 0.6 is 0 Å². The Morgan fingerprint density at radius 1 is 1.11 bits per heavy atom. The molecule has 0 bridgehead atoms. The first-order chi connectivity index (χ1) is 13.3. The largest absolute Gasteiger partial charge is 0.485 e. The van der Waals surface area contributed by atoms with Crippen LogP contribution in [0.1, 0.15) is 12.5 Å². The Morgan fingerprint density at radius 3 is 2.39 bits per heavy atom. The molecule has 0 saturated carbocycles. The number of benzene rings is 2. The van der Waals surface area contributed by atoms with Crippen molar-refractivity contribution in [2.45, 2.75) is 17.9 Å². The Balaban J connectivity index is 1.65. The molecule has 0 aliphatic carbocycles. The van der Waals surface area contributed by atoms with E-state index in [1.807, 2.05) is 6.07 Å². The van der Waals surface area contributed by atoms with Crippen molar-refractivity contribution in [1.29, 1.82) is 0 Å². The van der Waals surface area contributed by atoms with Crippen molar-refractivity contribution in [3.8, 4) is 11.5 Å². The third-order valence-electron chi connectivity index (χ3n) is 4.19. The summed E-state index contributed by atoms with van der Waals surface area (Å²) in [5, 5.41) is 4.07. The first kappa shape index (κ1) is 19.8. The Kier molecular flexibility index (Phi) is 5.66. The average molecular weight is 403 g/mol. The fraction of sp³-hybridized carbons (Fsp3) is 0.263. The number of carbonyl (C=O) groups is 1. The number of fused-ring (bicyclic) bond motifs is 1. The van der Waals surface area contributed by atoms with Crippen molar-refractivity contribution in [3.63, 3.8) is 0 Å². The molecule has 2 aromatic rings. The van der Waals surface area contributed by atoms with Gasteiger partial charge in [0.15, 0.2) is 11.5 Å². The van der Waals surface area contributed by atoms with Crippen LogP contribution in [0, 0.1) is 0 Å². The standard InChI is InChI=1S/C19H21N3O5S/c1-13(14-8-10-15(11-9-14)28(24,25)22(2)3)20-21-19(23)18-12-26-16-6-4-5-7-17(16)27-18/h4-11,18H,12H2,1-3H3,(H,21,23)/b20-13-/t18-/m1/s1. The van der Waals surface area contributed by atoms with Gasteiger partial charge in [-0.1, -0.05) is 24.3 Å². The van der Waals surface area contributed by atoms with Crippen molar-refractivity contribution >= 4 is 21.6 Å². The molecule has 1 amide bonds. The molecular weight excluding hydrogens is 382 g/mol. The minimum atomic E-state index is -3.49. The minimum Gasteiger partial charge on any atom is -0.485 e. The van der Waals surface area contributed by atoms with Gasteiger partial charge in [-0.05, 0) is 36.8 Å². The summed E-state index contributed by atoms with van der Waals surface area (Å²) < 4.78 is 36.5. The maximum atomic E-state index is 12.3. The molecule has 2 aromatic carbocycles. The maximum absolute atomic E-state index is 12.3. The number of carbonyl (C=O) groups excluding carboxylic acids is 1. The first-order valence-corrected chi connectivity index (χ1v) is 9.98. The lowest BCUT2D eigenvalue weighted by molar-refractivity contribution is -0.130. The van der Waals surface area contributed by atoms with E-state index in [-0.39, 0.29) is 11.5 Å². The van der Waals surface area contributed by atoms with E-state index < -0.39 is 22.0 Å². The molecule has 8 nitrogen and oxygen atoms in total. The van der Waals surface area contributed by atoms with Crippen LogP contribution in [0.2, 0.25) is 0 Å². The molecule has 1 atom stereocenters. The number of amides is 1. The highest BCUT2D eigenvalue weighted by atomic mass is 32.2. The average Bonchev–Trinajstić information content (AvgIpc) is 2.71. The zero-order valence-electron chi connectivity index (χ0n) is 15.7. The zero-order chi connectivity index (χ0) is 20.3. The van der Waals surface area contributed by atoms with Gasteiger partial charge in [-0.3, -0.25) is 4.79 Å². The van der Waals surface area contributed by atoms with Crippen LogP contribution in [-0.4, -0.2) is 51.1 Å². The van der Waals surface area contributed by atoms with E-state index in [9.17, 15) is 13.2 Å². The highest BCUT2D eigenvalue weighted by Gasteiger charge is 2.27. The van der Waals surface area contributed by atoms with Gasteiger partial charge < -0.3 is 9.47 Å². The number of nitrogens with one attached hydrogen (secondary N) is 1. The predicted molar refractivity (Wildman–Crippen MR) is 104 cm³/mol. The summed E-state index contributed by atoms with van der Waals surface area (Å²) in [6.45, 7) is 1.80. The van der Waals surface area contributed by atoms with Crippen LogP contribution in [0.5, 0.6) is 11.5 Å². The summed E-state index contributed by atoms with van der Waals surface area (Å²) >= 11 is 0. The van der Waals surface area contributed by atoms with E-state index >= 15 is 0 Å². The van der Waals surface area contributed by atoms with Crippen molar-refractivity contribution in [1.82, 2.24) is 9.73 Å². The lowest BCUT2D eigenvalue weighted by Gasteiger charge is -2.24. The Hall–Kier alpha value is -2.91. The zero-order valence-corrected chi connectivity index (χ0v) is 16.6. The molecule has 28 heavy (non-hydrogen) atoms. The molecule has 3 rings (SSSR count). The van der Waals surface area contributed by atoms with E-state index in [1.54, 1.807) is 37.3 Å². The van der Waals surface area contributed by atoms with Gasteiger partial charge in [0.05, 0.1) is 10.6 Å². The smallest absolute Gasteiger partial charge is 0.284 e. The molecular formula is C19H21N3O5S. The normalized spacial score (nSPS) is 16.7. The van der Waals surface area contributed by atoms with Gasteiger partial charge in [0.2, 0.25) is 16.1 Å². The molecule has 1 N–H and O–H groups in total. The summed E-state index contributed by atoms with van der Waals surface area (Å²) in [5.41, 5.74) is 3.67. The van der Waals surface area contributed by atoms with Crippen LogP contribution in [0.4, 0.5) is 0 Å². The Bertz CT molecular complexity index is 1000. The van der Waals surface area contributed by atoms with Gasteiger partial charge in [0.1, 0.15) is 6.61 Å². The second-order valence-corrected chi connectivity index (χ2v) is 8.50. The third kappa shape index (κ3) is 4.15. The molecule has 0 spiro atoms. The lowest BCUT2D eigenvalue weighted by atomic mass is 10.1. The number of para-hydroxylation sites is 2. The van der Waals surface area contributed by atoms with E-state index in [1.165, 1.54) is 26.2 Å². The molecule has 1 aliphatic heterocycles. The minimum absolute atomic E-state index is 0.0918. The number of ether oxygens (including phenoxy) is 2. The van der Waals surface area contributed by atoms with Gasteiger partial charge in [-0.2, -0.15) is 5.10 Å². The summed E-state index contributed by atoms with van der Waals surface area (Å²) in [5.74, 6) is 0.673. The number of nitrogens with zero attached hydrogens (tertiary/aromatic N) is 2.